The Labute approximate surface area is 203 Å². The van der Waals surface area contributed by atoms with Crippen molar-refractivity contribution in [2.24, 2.45) is 0 Å². The molecule has 0 aliphatic carbocycles. The van der Waals surface area contributed by atoms with Crippen molar-refractivity contribution in [2.45, 2.75) is 39.5 Å². The van der Waals surface area contributed by atoms with Crippen LogP contribution in [0.15, 0.2) is 28.0 Å². The first-order chi connectivity index (χ1) is 16.0. The Morgan fingerprint density at radius 2 is 2.06 bits per heavy atom. The summed E-state index contributed by atoms with van der Waals surface area (Å²) < 4.78 is 7.29. The van der Waals surface area contributed by atoms with Gasteiger partial charge in [-0.05, 0) is 31.1 Å². The van der Waals surface area contributed by atoms with E-state index in [-0.39, 0.29) is 24.7 Å². The standard InChI is InChI=1S/C23H30N4O4S2/c1-3-4-5-6-10-26-22(30)18(33-23(26)32)14-17-20(24-9-12-31-13-11-28)25-19-8-7-16(2)15-27(19)21(17)29/h7-8,14-15,24,28H,3-6,9-13H2,1-2H3/b18-14+. The summed E-state index contributed by atoms with van der Waals surface area (Å²) in [6, 6.07) is 3.67. The maximum Gasteiger partial charge on any atom is 0.267 e. The molecule has 178 valence electrons. The van der Waals surface area contributed by atoms with Gasteiger partial charge in [-0.3, -0.25) is 18.9 Å². The zero-order chi connectivity index (χ0) is 23.8. The number of hydrogen-bond donors (Lipinski definition) is 2. The van der Waals surface area contributed by atoms with E-state index < -0.39 is 0 Å². The number of ether oxygens (including phenoxy) is 1. The summed E-state index contributed by atoms with van der Waals surface area (Å²) in [4.78, 5) is 33.0. The minimum absolute atomic E-state index is 0.0551. The van der Waals surface area contributed by atoms with Crippen LogP contribution in [0.3, 0.4) is 0 Å². The van der Waals surface area contributed by atoms with Gasteiger partial charge in [0.05, 0.1) is 30.3 Å². The summed E-state index contributed by atoms with van der Waals surface area (Å²) in [6.45, 7) is 5.55. The number of carbonyl (C=O) groups excluding carboxylic acids is 1. The van der Waals surface area contributed by atoms with E-state index in [4.69, 9.17) is 22.1 Å². The van der Waals surface area contributed by atoms with Crippen LogP contribution >= 0.6 is 24.0 Å². The van der Waals surface area contributed by atoms with Gasteiger partial charge in [-0.25, -0.2) is 4.98 Å². The summed E-state index contributed by atoms with van der Waals surface area (Å²) in [5.74, 6) is 0.206. The molecule has 1 aliphatic heterocycles. The van der Waals surface area contributed by atoms with Crippen molar-refractivity contribution < 1.29 is 14.6 Å². The summed E-state index contributed by atoms with van der Waals surface area (Å²) in [5.41, 5.74) is 1.46. The van der Waals surface area contributed by atoms with E-state index in [0.717, 1.165) is 31.2 Å². The smallest absolute Gasteiger partial charge is 0.267 e. The van der Waals surface area contributed by atoms with Gasteiger partial charge in [-0.15, -0.1) is 0 Å². The maximum absolute atomic E-state index is 13.3. The highest BCUT2D eigenvalue weighted by Gasteiger charge is 2.32. The van der Waals surface area contributed by atoms with Gasteiger partial charge < -0.3 is 15.2 Å². The number of nitrogens with zero attached hydrogens (tertiary/aromatic N) is 3. The van der Waals surface area contributed by atoms with E-state index in [0.29, 0.717) is 46.0 Å². The normalized spacial score (nSPS) is 15.2. The second-order valence-corrected chi connectivity index (χ2v) is 9.45. The van der Waals surface area contributed by atoms with Gasteiger partial charge in [0.1, 0.15) is 15.8 Å². The molecule has 1 fully saturated rings. The molecule has 3 rings (SSSR count). The average Bonchev–Trinajstić information content (AvgIpc) is 3.06. The number of aromatic nitrogens is 2. The van der Waals surface area contributed by atoms with E-state index in [9.17, 15) is 9.59 Å². The number of aliphatic hydroxyl groups is 1. The zero-order valence-corrected chi connectivity index (χ0v) is 20.6. The number of aliphatic hydroxyl groups excluding tert-OH is 1. The number of fused-ring (bicyclic) bond motifs is 1. The second kappa shape index (κ2) is 12.3. The molecule has 0 radical (unpaired) electrons. The predicted octanol–water partition coefficient (Wildman–Crippen LogP) is 3.21. The third kappa shape index (κ3) is 6.41. The number of nitrogens with one attached hydrogen (secondary N) is 1. The van der Waals surface area contributed by atoms with Gasteiger partial charge >= 0.3 is 0 Å². The van der Waals surface area contributed by atoms with Crippen LogP contribution in [0.2, 0.25) is 0 Å². The van der Waals surface area contributed by atoms with Crippen molar-refractivity contribution in [1.82, 2.24) is 14.3 Å². The quantitative estimate of drug-likeness (QED) is 0.266. The molecule has 0 bridgehead atoms. The van der Waals surface area contributed by atoms with Crippen molar-refractivity contribution in [3.63, 3.8) is 0 Å². The Bertz CT molecular complexity index is 1100. The molecule has 0 unspecified atom stereocenters. The molecule has 0 saturated carbocycles. The Kier molecular flexibility index (Phi) is 9.42. The minimum atomic E-state index is -0.268. The number of anilines is 1. The molecule has 2 aromatic rings. The van der Waals surface area contributed by atoms with Crippen LogP contribution in [-0.4, -0.2) is 62.5 Å². The molecule has 33 heavy (non-hydrogen) atoms. The number of rotatable bonds is 12. The van der Waals surface area contributed by atoms with Crippen LogP contribution in [-0.2, 0) is 9.53 Å². The van der Waals surface area contributed by atoms with E-state index in [1.165, 1.54) is 16.2 Å². The molecule has 2 N–H and O–H groups in total. The van der Waals surface area contributed by atoms with Gasteiger partial charge in [0.15, 0.2) is 0 Å². The van der Waals surface area contributed by atoms with Gasteiger partial charge in [0.25, 0.3) is 11.5 Å². The SMILES string of the molecule is CCCCCCN1C(=O)/C(=C\c2c(NCCOCCO)nc3ccc(C)cn3c2=O)SC1=S. The lowest BCUT2D eigenvalue weighted by Gasteiger charge is -2.14. The van der Waals surface area contributed by atoms with Gasteiger partial charge in [-0.1, -0.05) is 56.2 Å². The van der Waals surface area contributed by atoms with Gasteiger partial charge in [0.2, 0.25) is 0 Å². The molecule has 2 aromatic heterocycles. The second-order valence-electron chi connectivity index (χ2n) is 7.77. The fourth-order valence-corrected chi connectivity index (χ4v) is 4.74. The molecule has 1 amide bonds. The zero-order valence-electron chi connectivity index (χ0n) is 19.0. The van der Waals surface area contributed by atoms with E-state index in [1.807, 2.05) is 13.0 Å². The number of amides is 1. The lowest BCUT2D eigenvalue weighted by Crippen LogP contribution is -2.29. The summed E-state index contributed by atoms with van der Waals surface area (Å²) in [5, 5.41) is 12.0. The molecule has 0 spiro atoms. The Morgan fingerprint density at radius 3 is 2.82 bits per heavy atom. The van der Waals surface area contributed by atoms with Crippen molar-refractivity contribution in [2.75, 3.05) is 38.2 Å². The Hall–Kier alpha value is -2.27. The molecule has 0 atom stereocenters. The molecule has 3 heterocycles. The molecule has 10 heteroatoms. The molecular formula is C23H30N4O4S2. The topological polar surface area (TPSA) is 96.2 Å². The summed E-state index contributed by atoms with van der Waals surface area (Å²) in [7, 11) is 0. The maximum atomic E-state index is 13.3. The number of pyridine rings is 1. The van der Waals surface area contributed by atoms with Crippen LogP contribution in [0.4, 0.5) is 5.82 Å². The Morgan fingerprint density at radius 1 is 1.24 bits per heavy atom. The van der Waals surface area contributed by atoms with Crippen molar-refractivity contribution in [1.29, 1.82) is 0 Å². The number of carbonyl (C=O) groups is 1. The first kappa shape index (κ1) is 25.4. The van der Waals surface area contributed by atoms with E-state index >= 15 is 0 Å². The third-order valence-electron chi connectivity index (χ3n) is 5.16. The lowest BCUT2D eigenvalue weighted by molar-refractivity contribution is -0.122. The molecule has 8 nitrogen and oxygen atoms in total. The Balaban J connectivity index is 1.91. The molecule has 1 aliphatic rings. The first-order valence-corrected chi connectivity index (χ1v) is 12.4. The van der Waals surface area contributed by atoms with Crippen molar-refractivity contribution >= 4 is 51.7 Å². The largest absolute Gasteiger partial charge is 0.394 e. The fraction of sp³-hybridized carbons (Fsp3) is 0.478. The van der Waals surface area contributed by atoms with Crippen LogP contribution in [0, 0.1) is 6.92 Å². The van der Waals surface area contributed by atoms with E-state index in [2.05, 4.69) is 17.2 Å². The number of thioether (sulfide) groups is 1. The predicted molar refractivity (Wildman–Crippen MR) is 137 cm³/mol. The number of aryl methyl sites for hydroxylation is 1. The van der Waals surface area contributed by atoms with Crippen molar-refractivity contribution in [3.8, 4) is 0 Å². The van der Waals surface area contributed by atoms with Crippen LogP contribution < -0.4 is 10.9 Å². The highest BCUT2D eigenvalue weighted by molar-refractivity contribution is 8.26. The summed E-state index contributed by atoms with van der Waals surface area (Å²) >= 11 is 6.65. The minimum Gasteiger partial charge on any atom is -0.394 e. The summed E-state index contributed by atoms with van der Waals surface area (Å²) in [6.07, 6.45) is 7.52. The molecule has 1 saturated heterocycles. The van der Waals surface area contributed by atoms with Crippen LogP contribution in [0.25, 0.3) is 11.7 Å². The van der Waals surface area contributed by atoms with Crippen molar-refractivity contribution in [3.05, 3.63) is 44.7 Å². The van der Waals surface area contributed by atoms with Crippen LogP contribution in [0.1, 0.15) is 43.7 Å². The van der Waals surface area contributed by atoms with E-state index in [1.54, 1.807) is 23.2 Å². The van der Waals surface area contributed by atoms with Gasteiger partial charge in [-0.2, -0.15) is 0 Å². The average molecular weight is 491 g/mol. The number of hydrogen-bond acceptors (Lipinski definition) is 8. The molecular weight excluding hydrogens is 460 g/mol. The number of thiocarbonyl (C=S) groups is 1. The third-order valence-corrected chi connectivity index (χ3v) is 6.54. The lowest BCUT2D eigenvalue weighted by atomic mass is 10.2. The van der Waals surface area contributed by atoms with Gasteiger partial charge in [0, 0.05) is 19.3 Å². The molecule has 0 aromatic carbocycles. The highest BCUT2D eigenvalue weighted by atomic mass is 32.2. The highest BCUT2D eigenvalue weighted by Crippen LogP contribution is 2.33. The first-order valence-electron chi connectivity index (χ1n) is 11.2. The number of unbranched alkanes of at least 4 members (excludes halogenated alkanes) is 3. The fourth-order valence-electron chi connectivity index (χ4n) is 3.45. The van der Waals surface area contributed by atoms with Crippen LogP contribution in [0.5, 0.6) is 0 Å². The monoisotopic (exact) mass is 490 g/mol.